The highest BCUT2D eigenvalue weighted by Gasteiger charge is 2.22. The summed E-state index contributed by atoms with van der Waals surface area (Å²) in [5.41, 5.74) is 5.62. The van der Waals surface area contributed by atoms with Crippen molar-refractivity contribution in [1.82, 2.24) is 14.3 Å². The van der Waals surface area contributed by atoms with Crippen molar-refractivity contribution in [3.63, 3.8) is 0 Å². The van der Waals surface area contributed by atoms with Gasteiger partial charge in [0.1, 0.15) is 0 Å². The average Bonchev–Trinajstić information content (AvgIpc) is 2.43. The van der Waals surface area contributed by atoms with E-state index in [4.69, 9.17) is 5.73 Å². The molecular formula is C10H20N4O2S. The normalized spacial score (nSPS) is 12.9. The van der Waals surface area contributed by atoms with E-state index in [9.17, 15) is 8.42 Å². The lowest BCUT2D eigenvalue weighted by Crippen LogP contribution is -2.29. The first-order chi connectivity index (χ1) is 7.63. The number of rotatable bonds is 4. The number of aromatic nitrogens is 2. The van der Waals surface area contributed by atoms with Gasteiger partial charge in [-0.1, -0.05) is 20.8 Å². The molecule has 0 fully saturated rings. The number of nitrogens with one attached hydrogen (secondary N) is 1. The van der Waals surface area contributed by atoms with Gasteiger partial charge in [0, 0.05) is 13.6 Å². The Kier molecular flexibility index (Phi) is 3.83. The molecule has 7 heteroatoms. The number of sulfonamides is 1. The third-order valence-corrected chi connectivity index (χ3v) is 3.92. The Labute approximate surface area is 102 Å². The minimum absolute atomic E-state index is 0.0198. The Morgan fingerprint density at radius 2 is 2.06 bits per heavy atom. The van der Waals surface area contributed by atoms with E-state index in [-0.39, 0.29) is 16.3 Å². The highest BCUT2D eigenvalue weighted by molar-refractivity contribution is 7.89. The van der Waals surface area contributed by atoms with Crippen molar-refractivity contribution >= 4 is 15.8 Å². The molecule has 1 aromatic rings. The highest BCUT2D eigenvalue weighted by atomic mass is 32.2. The number of nitrogen functional groups attached to an aromatic ring is 1. The van der Waals surface area contributed by atoms with Crippen LogP contribution < -0.4 is 10.5 Å². The van der Waals surface area contributed by atoms with Gasteiger partial charge < -0.3 is 10.3 Å². The van der Waals surface area contributed by atoms with Gasteiger partial charge in [0.05, 0.1) is 6.33 Å². The van der Waals surface area contributed by atoms with E-state index in [1.165, 1.54) is 10.9 Å². The van der Waals surface area contributed by atoms with E-state index in [1.807, 2.05) is 0 Å². The largest absolute Gasteiger partial charge is 0.381 e. The fraction of sp³-hybridized carbons (Fsp3) is 0.700. The van der Waals surface area contributed by atoms with Gasteiger partial charge in [0.15, 0.2) is 10.8 Å². The van der Waals surface area contributed by atoms with Gasteiger partial charge in [0.25, 0.3) is 10.0 Å². The number of aryl methyl sites for hydroxylation is 1. The molecule has 0 aliphatic heterocycles. The van der Waals surface area contributed by atoms with Gasteiger partial charge in [-0.3, -0.25) is 0 Å². The molecule has 0 aliphatic rings. The number of anilines is 1. The summed E-state index contributed by atoms with van der Waals surface area (Å²) in [5.74, 6) is 0.0239. The molecule has 98 valence electrons. The SMILES string of the molecule is Cn1cnc(N)c1S(=O)(=O)NCCC(C)(C)C. The first-order valence-corrected chi connectivity index (χ1v) is 6.88. The first kappa shape index (κ1) is 14.0. The van der Waals surface area contributed by atoms with E-state index >= 15 is 0 Å². The monoisotopic (exact) mass is 260 g/mol. The van der Waals surface area contributed by atoms with Gasteiger partial charge in [-0.05, 0) is 11.8 Å². The second kappa shape index (κ2) is 4.66. The van der Waals surface area contributed by atoms with E-state index < -0.39 is 10.0 Å². The zero-order valence-electron chi connectivity index (χ0n) is 10.7. The minimum atomic E-state index is -3.58. The zero-order valence-corrected chi connectivity index (χ0v) is 11.5. The van der Waals surface area contributed by atoms with Crippen LogP contribution in [0.3, 0.4) is 0 Å². The summed E-state index contributed by atoms with van der Waals surface area (Å²) < 4.78 is 27.9. The highest BCUT2D eigenvalue weighted by Crippen LogP contribution is 2.19. The van der Waals surface area contributed by atoms with Crippen LogP contribution in [0.15, 0.2) is 11.4 Å². The van der Waals surface area contributed by atoms with Crippen molar-refractivity contribution < 1.29 is 8.42 Å². The minimum Gasteiger partial charge on any atom is -0.381 e. The maximum Gasteiger partial charge on any atom is 0.260 e. The Balaban J connectivity index is 2.77. The summed E-state index contributed by atoms with van der Waals surface area (Å²) in [4.78, 5) is 3.76. The smallest absolute Gasteiger partial charge is 0.260 e. The van der Waals surface area contributed by atoms with Crippen LogP contribution in [0.5, 0.6) is 0 Å². The quantitative estimate of drug-likeness (QED) is 0.834. The molecule has 1 heterocycles. The number of nitrogens with zero attached hydrogens (tertiary/aromatic N) is 2. The van der Waals surface area contributed by atoms with E-state index in [0.717, 1.165) is 6.42 Å². The molecule has 1 rings (SSSR count). The van der Waals surface area contributed by atoms with E-state index in [2.05, 4.69) is 30.5 Å². The third kappa shape index (κ3) is 3.71. The lowest BCUT2D eigenvalue weighted by Gasteiger charge is -2.18. The third-order valence-electron chi connectivity index (χ3n) is 2.33. The summed E-state index contributed by atoms with van der Waals surface area (Å²) in [7, 11) is -1.98. The number of hydrogen-bond acceptors (Lipinski definition) is 4. The van der Waals surface area contributed by atoms with Crippen molar-refractivity contribution in [3.8, 4) is 0 Å². The van der Waals surface area contributed by atoms with Crippen LogP contribution in [0.1, 0.15) is 27.2 Å². The van der Waals surface area contributed by atoms with Crippen molar-refractivity contribution in [3.05, 3.63) is 6.33 Å². The van der Waals surface area contributed by atoms with Crippen LogP contribution in [-0.2, 0) is 17.1 Å². The number of hydrogen-bond donors (Lipinski definition) is 2. The lowest BCUT2D eigenvalue weighted by atomic mass is 9.93. The molecule has 1 aromatic heterocycles. The molecule has 6 nitrogen and oxygen atoms in total. The molecule has 0 radical (unpaired) electrons. The maximum absolute atomic E-state index is 12.0. The van der Waals surface area contributed by atoms with Gasteiger partial charge >= 0.3 is 0 Å². The molecule has 0 bridgehead atoms. The molecule has 17 heavy (non-hydrogen) atoms. The molecule has 0 saturated carbocycles. The summed E-state index contributed by atoms with van der Waals surface area (Å²) in [5, 5.41) is 0.0198. The predicted molar refractivity (Wildman–Crippen MR) is 66.9 cm³/mol. The van der Waals surface area contributed by atoms with Crippen molar-refractivity contribution in [2.24, 2.45) is 12.5 Å². The summed E-state index contributed by atoms with van der Waals surface area (Å²) >= 11 is 0. The molecule has 0 atom stereocenters. The predicted octanol–water partition coefficient (Wildman–Crippen LogP) is 0.717. The molecule has 0 unspecified atom stereocenters. The zero-order chi connectivity index (χ0) is 13.3. The molecule has 0 amide bonds. The van der Waals surface area contributed by atoms with Crippen molar-refractivity contribution in [2.75, 3.05) is 12.3 Å². The molecule has 0 aliphatic carbocycles. The molecule has 0 saturated heterocycles. The molecule has 0 spiro atoms. The van der Waals surface area contributed by atoms with E-state index in [1.54, 1.807) is 7.05 Å². The van der Waals surface area contributed by atoms with Crippen LogP contribution >= 0.6 is 0 Å². The van der Waals surface area contributed by atoms with Crippen LogP contribution in [0.2, 0.25) is 0 Å². The van der Waals surface area contributed by atoms with Gasteiger partial charge in [-0.2, -0.15) is 0 Å². The van der Waals surface area contributed by atoms with Crippen LogP contribution in [0.4, 0.5) is 5.82 Å². The average molecular weight is 260 g/mol. The Hall–Kier alpha value is -1.08. The Morgan fingerprint density at radius 3 is 2.47 bits per heavy atom. The van der Waals surface area contributed by atoms with Gasteiger partial charge in [-0.25, -0.2) is 18.1 Å². The standard InChI is InChI=1S/C10H20N4O2S/c1-10(2,3)5-6-13-17(15,16)9-8(11)12-7-14(9)4/h7,13H,5-6,11H2,1-4H3. The topological polar surface area (TPSA) is 90.0 Å². The Bertz CT molecular complexity index is 465. The first-order valence-electron chi connectivity index (χ1n) is 5.40. The van der Waals surface area contributed by atoms with Crippen molar-refractivity contribution in [2.45, 2.75) is 32.2 Å². The van der Waals surface area contributed by atoms with Crippen molar-refractivity contribution in [1.29, 1.82) is 0 Å². The summed E-state index contributed by atoms with van der Waals surface area (Å²) in [6, 6.07) is 0. The van der Waals surface area contributed by atoms with Crippen LogP contribution in [-0.4, -0.2) is 24.5 Å². The van der Waals surface area contributed by atoms with E-state index in [0.29, 0.717) is 6.54 Å². The summed E-state index contributed by atoms with van der Waals surface area (Å²) in [6.07, 6.45) is 2.14. The van der Waals surface area contributed by atoms with Gasteiger partial charge in [-0.15, -0.1) is 0 Å². The van der Waals surface area contributed by atoms with Crippen LogP contribution in [0, 0.1) is 5.41 Å². The molecule has 3 N–H and O–H groups in total. The fourth-order valence-corrected chi connectivity index (χ4v) is 2.65. The molecule has 0 aromatic carbocycles. The van der Waals surface area contributed by atoms with Gasteiger partial charge in [0.2, 0.25) is 0 Å². The fourth-order valence-electron chi connectivity index (χ4n) is 1.39. The summed E-state index contributed by atoms with van der Waals surface area (Å²) in [6.45, 7) is 6.55. The Morgan fingerprint density at radius 1 is 1.47 bits per heavy atom. The second-order valence-corrected chi connectivity index (χ2v) is 6.94. The number of imidazole rings is 1. The number of nitrogens with two attached hydrogens (primary N) is 1. The van der Waals surface area contributed by atoms with Crippen LogP contribution in [0.25, 0.3) is 0 Å². The molecular weight excluding hydrogens is 240 g/mol. The second-order valence-electron chi connectivity index (χ2n) is 5.25. The maximum atomic E-state index is 12.0. The lowest BCUT2D eigenvalue weighted by molar-refractivity contribution is 0.378.